The third-order valence-electron chi connectivity index (χ3n) is 4.34. The first-order chi connectivity index (χ1) is 14.1. The average molecular weight is 391 g/mol. The summed E-state index contributed by atoms with van der Waals surface area (Å²) in [7, 11) is 2.78. The molecule has 2 aromatic heterocycles. The molecule has 0 fully saturated rings. The molecule has 146 valence electrons. The van der Waals surface area contributed by atoms with E-state index >= 15 is 0 Å². The lowest BCUT2D eigenvalue weighted by Gasteiger charge is -2.07. The monoisotopic (exact) mass is 391 g/mol. The topological polar surface area (TPSA) is 106 Å². The Bertz CT molecular complexity index is 1150. The van der Waals surface area contributed by atoms with Crippen molar-refractivity contribution >= 4 is 41.2 Å². The molecule has 3 heterocycles. The molecule has 29 heavy (non-hydrogen) atoms. The van der Waals surface area contributed by atoms with Crippen molar-refractivity contribution in [1.82, 2.24) is 4.98 Å². The third-order valence-corrected chi connectivity index (χ3v) is 4.34. The van der Waals surface area contributed by atoms with Gasteiger partial charge in [0.1, 0.15) is 5.75 Å². The van der Waals surface area contributed by atoms with Crippen LogP contribution in [-0.4, -0.2) is 36.5 Å². The molecular formula is C21H17N3O5. The maximum atomic E-state index is 12.3. The smallest absolute Gasteiger partial charge is 0.347 e. The lowest BCUT2D eigenvalue weighted by atomic mass is 10.1. The van der Waals surface area contributed by atoms with E-state index in [2.05, 4.69) is 15.3 Å². The van der Waals surface area contributed by atoms with Crippen molar-refractivity contribution < 1.29 is 23.8 Å². The highest BCUT2D eigenvalue weighted by molar-refractivity contribution is 6.21. The van der Waals surface area contributed by atoms with Crippen LogP contribution >= 0.6 is 0 Å². The number of aromatic nitrogens is 1. The molecule has 2 N–H and O–H groups in total. The highest BCUT2D eigenvalue weighted by Gasteiger charge is 2.27. The van der Waals surface area contributed by atoms with E-state index in [4.69, 9.17) is 13.9 Å². The van der Waals surface area contributed by atoms with E-state index in [1.165, 1.54) is 7.11 Å². The molecule has 0 saturated carbocycles. The van der Waals surface area contributed by atoms with Crippen molar-refractivity contribution in [2.45, 2.75) is 0 Å². The highest BCUT2D eigenvalue weighted by Crippen LogP contribution is 2.39. The quantitative estimate of drug-likeness (QED) is 0.629. The van der Waals surface area contributed by atoms with Crippen LogP contribution in [0.1, 0.15) is 21.7 Å². The molecule has 1 aliphatic rings. The van der Waals surface area contributed by atoms with Gasteiger partial charge in [-0.3, -0.25) is 0 Å². The van der Waals surface area contributed by atoms with E-state index in [0.717, 1.165) is 5.56 Å². The van der Waals surface area contributed by atoms with Crippen LogP contribution < -0.4 is 10.1 Å². The number of fused-ring (bicyclic) bond motifs is 1. The van der Waals surface area contributed by atoms with Gasteiger partial charge in [-0.15, -0.1) is 0 Å². The van der Waals surface area contributed by atoms with Gasteiger partial charge >= 0.3 is 5.97 Å². The minimum atomic E-state index is -0.733. The summed E-state index contributed by atoms with van der Waals surface area (Å²) in [4.78, 5) is 20.7. The maximum Gasteiger partial charge on any atom is 0.347 e. The number of aromatic hydroxyl groups is 1. The summed E-state index contributed by atoms with van der Waals surface area (Å²) in [6.45, 7) is 0. The van der Waals surface area contributed by atoms with Crippen LogP contribution in [0.15, 0.2) is 52.0 Å². The summed E-state index contributed by atoms with van der Waals surface area (Å²) in [6.07, 6.45) is 4.86. The number of nitrogens with one attached hydrogen (secondary N) is 1. The van der Waals surface area contributed by atoms with Crippen LogP contribution in [0.3, 0.4) is 0 Å². The number of allylic oxidation sites excluding steroid dienone is 1. The molecule has 0 aliphatic carbocycles. The van der Waals surface area contributed by atoms with E-state index in [9.17, 15) is 9.90 Å². The maximum absolute atomic E-state index is 12.3. The van der Waals surface area contributed by atoms with Gasteiger partial charge in [0.2, 0.25) is 5.88 Å². The number of pyridine rings is 1. The fourth-order valence-corrected chi connectivity index (χ4v) is 2.93. The Kier molecular flexibility index (Phi) is 4.74. The van der Waals surface area contributed by atoms with Gasteiger partial charge in [0.05, 0.1) is 14.2 Å². The number of methoxy groups -OCH3 is 2. The van der Waals surface area contributed by atoms with Crippen molar-refractivity contribution in [2.75, 3.05) is 19.5 Å². The zero-order valence-corrected chi connectivity index (χ0v) is 15.7. The van der Waals surface area contributed by atoms with Gasteiger partial charge in [-0.1, -0.05) is 6.07 Å². The molecular weight excluding hydrogens is 374 g/mol. The van der Waals surface area contributed by atoms with Gasteiger partial charge in [-0.2, -0.15) is 0 Å². The predicted molar refractivity (Wildman–Crippen MR) is 108 cm³/mol. The molecule has 0 saturated heterocycles. The van der Waals surface area contributed by atoms with Crippen molar-refractivity contribution in [3.05, 3.63) is 59.5 Å². The summed E-state index contributed by atoms with van der Waals surface area (Å²) in [5.74, 6) is 0.278. The highest BCUT2D eigenvalue weighted by atomic mass is 16.5. The summed E-state index contributed by atoms with van der Waals surface area (Å²) in [6, 6.07) is 10.7. The fourth-order valence-electron chi connectivity index (χ4n) is 2.93. The number of nitrogens with zero attached hydrogens (tertiary/aromatic N) is 2. The lowest BCUT2D eigenvalue weighted by molar-refractivity contribution is 0.0598. The first-order valence-electron chi connectivity index (χ1n) is 8.67. The number of furan rings is 1. The Labute approximate surface area is 166 Å². The van der Waals surface area contributed by atoms with E-state index in [-0.39, 0.29) is 23.0 Å². The SMILES string of the molecule is COC(=O)c1c(Nc2cccc(OC)c2)oc(/C=C2\C=Nc3ncccc32)c1O. The van der Waals surface area contributed by atoms with Crippen LogP contribution in [0.2, 0.25) is 0 Å². The Hall–Kier alpha value is -4.07. The van der Waals surface area contributed by atoms with Crippen molar-refractivity contribution in [3.63, 3.8) is 0 Å². The van der Waals surface area contributed by atoms with Crippen LogP contribution in [0, 0.1) is 0 Å². The normalized spacial score (nSPS) is 13.4. The molecule has 4 rings (SSSR count). The van der Waals surface area contributed by atoms with E-state index in [0.29, 0.717) is 22.8 Å². The number of ether oxygens (including phenoxy) is 2. The van der Waals surface area contributed by atoms with E-state index in [1.54, 1.807) is 55.9 Å². The molecule has 0 radical (unpaired) electrons. The van der Waals surface area contributed by atoms with Crippen molar-refractivity contribution in [1.29, 1.82) is 0 Å². The fraction of sp³-hybridized carbons (Fsp3) is 0.0952. The number of anilines is 2. The molecule has 0 unspecified atom stereocenters. The van der Waals surface area contributed by atoms with Gasteiger partial charge < -0.3 is 24.3 Å². The molecule has 0 amide bonds. The van der Waals surface area contributed by atoms with Gasteiger partial charge in [-0.05, 0) is 30.3 Å². The molecule has 1 aliphatic heterocycles. The summed E-state index contributed by atoms with van der Waals surface area (Å²) >= 11 is 0. The second-order valence-electron chi connectivity index (χ2n) is 6.10. The second kappa shape index (κ2) is 7.51. The number of aliphatic imine (C=N–C) groups is 1. The van der Waals surface area contributed by atoms with Gasteiger partial charge in [0.15, 0.2) is 22.9 Å². The first kappa shape index (κ1) is 18.3. The minimum Gasteiger partial charge on any atom is -0.504 e. The number of carbonyl (C=O) groups excluding carboxylic acids is 1. The Morgan fingerprint density at radius 3 is 2.90 bits per heavy atom. The summed E-state index contributed by atoms with van der Waals surface area (Å²) < 4.78 is 15.8. The molecule has 0 spiro atoms. The molecule has 8 nitrogen and oxygen atoms in total. The summed E-state index contributed by atoms with van der Waals surface area (Å²) in [5.41, 5.74) is 2.00. The second-order valence-corrected chi connectivity index (χ2v) is 6.10. The average Bonchev–Trinajstić information content (AvgIpc) is 3.29. The molecule has 1 aromatic carbocycles. The van der Waals surface area contributed by atoms with Crippen molar-refractivity contribution in [2.24, 2.45) is 4.99 Å². The van der Waals surface area contributed by atoms with Crippen LogP contribution in [0.4, 0.5) is 17.4 Å². The number of hydrogen-bond acceptors (Lipinski definition) is 8. The Balaban J connectivity index is 1.76. The van der Waals surface area contributed by atoms with Crippen LogP contribution in [-0.2, 0) is 4.74 Å². The van der Waals surface area contributed by atoms with Gasteiger partial charge in [0, 0.05) is 35.3 Å². The minimum absolute atomic E-state index is 0.0517. The van der Waals surface area contributed by atoms with E-state index < -0.39 is 5.97 Å². The van der Waals surface area contributed by atoms with Crippen LogP contribution in [0.5, 0.6) is 11.5 Å². The Morgan fingerprint density at radius 2 is 2.10 bits per heavy atom. The Morgan fingerprint density at radius 1 is 1.24 bits per heavy atom. The zero-order valence-electron chi connectivity index (χ0n) is 15.7. The molecule has 3 aromatic rings. The number of rotatable bonds is 5. The number of esters is 1. The number of carbonyl (C=O) groups is 1. The third kappa shape index (κ3) is 3.43. The number of hydrogen-bond donors (Lipinski definition) is 2. The first-order valence-corrected chi connectivity index (χ1v) is 8.67. The molecule has 0 atom stereocenters. The molecule has 0 bridgehead atoms. The predicted octanol–water partition coefficient (Wildman–Crippen LogP) is 4.18. The zero-order chi connectivity index (χ0) is 20.4. The standard InChI is InChI=1S/C21H17N3O5/c1-27-14-6-3-5-13(10-14)24-20-17(21(26)28-2)18(25)16(29-20)9-12-11-23-19-15(12)7-4-8-22-19/h3-11,24-25H,1-2H3/b12-9+. The summed E-state index contributed by atoms with van der Waals surface area (Å²) in [5, 5.41) is 13.6. The van der Waals surface area contributed by atoms with E-state index in [1.807, 2.05) is 6.07 Å². The van der Waals surface area contributed by atoms with Gasteiger partial charge in [0.25, 0.3) is 0 Å². The molecule has 8 heteroatoms. The van der Waals surface area contributed by atoms with Gasteiger partial charge in [-0.25, -0.2) is 14.8 Å². The van der Waals surface area contributed by atoms with Crippen LogP contribution in [0.25, 0.3) is 11.6 Å². The lowest BCUT2D eigenvalue weighted by Crippen LogP contribution is -2.03. The largest absolute Gasteiger partial charge is 0.504 e. The van der Waals surface area contributed by atoms with Crippen molar-refractivity contribution in [3.8, 4) is 11.5 Å². The number of benzene rings is 1.